The summed E-state index contributed by atoms with van der Waals surface area (Å²) in [5.41, 5.74) is 5.52. The lowest BCUT2D eigenvalue weighted by Crippen LogP contribution is -2.37. The molecule has 28 heavy (non-hydrogen) atoms. The van der Waals surface area contributed by atoms with Crippen molar-refractivity contribution in [3.8, 4) is 0 Å². The standard InChI is InChI=1S/C22H28N2O3S/c1-2-12-28(26,27)24-17-10-8-15(9-11-17)20-13-18(14-22(25)16-6-7-16)23-21-5-3-4-19(20)21/h3-4,8,13,16-17,24H,2,5-7,9-12,14H2,1H3. The number of sulfonamides is 1. The minimum Gasteiger partial charge on any atom is -0.299 e. The molecule has 1 unspecified atom stereocenters. The first-order valence-electron chi connectivity index (χ1n) is 10.4. The monoisotopic (exact) mass is 400 g/mol. The van der Waals surface area contributed by atoms with Gasteiger partial charge in [0.15, 0.2) is 0 Å². The van der Waals surface area contributed by atoms with Crippen molar-refractivity contribution >= 4 is 27.5 Å². The molecule has 0 radical (unpaired) electrons. The lowest BCUT2D eigenvalue weighted by molar-refractivity contribution is -0.119. The largest absolute Gasteiger partial charge is 0.299 e. The Morgan fingerprint density at radius 3 is 2.79 bits per heavy atom. The summed E-state index contributed by atoms with van der Waals surface area (Å²) < 4.78 is 26.9. The Labute approximate surface area is 167 Å². The van der Waals surface area contributed by atoms with Crippen LogP contribution in [0.25, 0.3) is 11.6 Å². The van der Waals surface area contributed by atoms with Crippen LogP contribution < -0.4 is 4.72 Å². The van der Waals surface area contributed by atoms with E-state index in [4.69, 9.17) is 4.98 Å². The maximum atomic E-state index is 12.3. The molecule has 1 aromatic rings. The Morgan fingerprint density at radius 2 is 2.11 bits per heavy atom. The second-order valence-electron chi connectivity index (χ2n) is 8.18. The van der Waals surface area contributed by atoms with Crippen LogP contribution in [0.5, 0.6) is 0 Å². The molecule has 5 nitrogen and oxygen atoms in total. The number of nitrogens with one attached hydrogen (secondary N) is 1. The lowest BCUT2D eigenvalue weighted by Gasteiger charge is -2.24. The molecule has 1 heterocycles. The molecular formula is C22H28N2O3S. The predicted octanol–water partition coefficient (Wildman–Crippen LogP) is 3.44. The van der Waals surface area contributed by atoms with Gasteiger partial charge in [-0.2, -0.15) is 0 Å². The molecule has 0 saturated heterocycles. The summed E-state index contributed by atoms with van der Waals surface area (Å²) in [6.45, 7) is 1.88. The van der Waals surface area contributed by atoms with E-state index in [2.05, 4.69) is 29.0 Å². The van der Waals surface area contributed by atoms with E-state index in [1.165, 1.54) is 16.7 Å². The highest BCUT2D eigenvalue weighted by molar-refractivity contribution is 7.89. The van der Waals surface area contributed by atoms with Crippen LogP contribution in [0, 0.1) is 5.92 Å². The van der Waals surface area contributed by atoms with Gasteiger partial charge >= 0.3 is 0 Å². The number of hydrogen-bond donors (Lipinski definition) is 1. The SMILES string of the molecule is CCCS(=O)(=O)NC1CC=C(c2cc(CC(=O)C3CC3)nc3c2C=CC3)CC1. The normalized spacial score (nSPS) is 21.5. The zero-order valence-electron chi connectivity index (χ0n) is 16.4. The predicted molar refractivity (Wildman–Crippen MR) is 111 cm³/mol. The van der Waals surface area contributed by atoms with Gasteiger partial charge in [0.25, 0.3) is 0 Å². The van der Waals surface area contributed by atoms with Gasteiger partial charge in [-0.25, -0.2) is 13.1 Å². The molecule has 1 fully saturated rings. The van der Waals surface area contributed by atoms with Crippen LogP contribution in [0.3, 0.4) is 0 Å². The van der Waals surface area contributed by atoms with Crippen LogP contribution in [0.1, 0.15) is 68.0 Å². The quantitative estimate of drug-likeness (QED) is 0.725. The zero-order valence-corrected chi connectivity index (χ0v) is 17.2. The Balaban J connectivity index is 1.53. The molecule has 1 N–H and O–H groups in total. The van der Waals surface area contributed by atoms with Gasteiger partial charge < -0.3 is 0 Å². The van der Waals surface area contributed by atoms with Gasteiger partial charge in [0.1, 0.15) is 5.78 Å². The Hall–Kier alpha value is -1.79. The summed E-state index contributed by atoms with van der Waals surface area (Å²) in [6, 6.07) is 2.06. The van der Waals surface area contributed by atoms with Crippen LogP contribution >= 0.6 is 0 Å². The molecule has 0 aromatic carbocycles. The van der Waals surface area contributed by atoms with Crippen molar-refractivity contribution in [3.63, 3.8) is 0 Å². The summed E-state index contributed by atoms with van der Waals surface area (Å²) in [6.07, 6.45) is 12.7. The minimum absolute atomic E-state index is 0.0263. The first-order chi connectivity index (χ1) is 13.4. The van der Waals surface area contributed by atoms with E-state index in [1.54, 1.807) is 0 Å². The molecule has 1 atom stereocenters. The van der Waals surface area contributed by atoms with Gasteiger partial charge in [0, 0.05) is 36.1 Å². The third-order valence-electron chi connectivity index (χ3n) is 5.75. The van der Waals surface area contributed by atoms with Crippen LogP contribution in [-0.4, -0.2) is 31.0 Å². The van der Waals surface area contributed by atoms with E-state index in [1.807, 2.05) is 6.92 Å². The van der Waals surface area contributed by atoms with E-state index >= 15 is 0 Å². The number of aromatic nitrogens is 1. The number of hydrogen-bond acceptors (Lipinski definition) is 4. The molecule has 0 amide bonds. The molecule has 150 valence electrons. The second-order valence-corrected chi connectivity index (χ2v) is 10.1. The van der Waals surface area contributed by atoms with Crippen molar-refractivity contribution in [2.24, 2.45) is 5.92 Å². The van der Waals surface area contributed by atoms with E-state index in [0.717, 1.165) is 43.5 Å². The molecular weight excluding hydrogens is 372 g/mol. The summed E-state index contributed by atoms with van der Waals surface area (Å²) in [5, 5.41) is 0. The van der Waals surface area contributed by atoms with Crippen LogP contribution in [-0.2, 0) is 27.7 Å². The van der Waals surface area contributed by atoms with Crippen LogP contribution in [0.2, 0.25) is 0 Å². The van der Waals surface area contributed by atoms with Crippen molar-refractivity contribution in [2.75, 3.05) is 5.75 Å². The fourth-order valence-corrected chi connectivity index (χ4v) is 5.52. The first kappa shape index (κ1) is 19.5. The molecule has 0 aliphatic heterocycles. The number of fused-ring (bicyclic) bond motifs is 1. The lowest BCUT2D eigenvalue weighted by atomic mass is 9.88. The molecule has 3 aliphatic carbocycles. The topological polar surface area (TPSA) is 76.1 Å². The molecule has 1 aromatic heterocycles. The maximum Gasteiger partial charge on any atom is 0.211 e. The van der Waals surface area contributed by atoms with Gasteiger partial charge in [-0.15, -0.1) is 0 Å². The van der Waals surface area contributed by atoms with Gasteiger partial charge in [-0.3, -0.25) is 9.78 Å². The fraction of sp³-hybridized carbons (Fsp3) is 0.545. The smallest absolute Gasteiger partial charge is 0.211 e. The highest BCUT2D eigenvalue weighted by Crippen LogP contribution is 2.35. The van der Waals surface area contributed by atoms with E-state index in [-0.39, 0.29) is 17.7 Å². The van der Waals surface area contributed by atoms with E-state index in [9.17, 15) is 13.2 Å². The number of allylic oxidation sites excluding steroid dienone is 2. The molecule has 3 aliphatic rings. The number of rotatable bonds is 8. The molecule has 4 rings (SSSR count). The average Bonchev–Trinajstić information content (AvgIpc) is 3.40. The Bertz CT molecular complexity index is 943. The van der Waals surface area contributed by atoms with E-state index < -0.39 is 10.0 Å². The fourth-order valence-electron chi connectivity index (χ4n) is 4.15. The highest BCUT2D eigenvalue weighted by atomic mass is 32.2. The van der Waals surface area contributed by atoms with E-state index in [0.29, 0.717) is 25.0 Å². The molecule has 0 bridgehead atoms. The highest BCUT2D eigenvalue weighted by Gasteiger charge is 2.30. The summed E-state index contributed by atoms with van der Waals surface area (Å²) in [7, 11) is -3.18. The Morgan fingerprint density at radius 1 is 1.29 bits per heavy atom. The first-order valence-corrected chi connectivity index (χ1v) is 12.0. The second kappa shape index (κ2) is 7.91. The number of pyridine rings is 1. The van der Waals surface area contributed by atoms with Gasteiger partial charge in [0.05, 0.1) is 11.4 Å². The third-order valence-corrected chi connectivity index (χ3v) is 7.39. The summed E-state index contributed by atoms with van der Waals surface area (Å²) in [5.74, 6) is 0.746. The van der Waals surface area contributed by atoms with Gasteiger partial charge in [-0.1, -0.05) is 25.2 Å². The van der Waals surface area contributed by atoms with Crippen molar-refractivity contribution < 1.29 is 13.2 Å². The van der Waals surface area contributed by atoms with Crippen LogP contribution in [0.15, 0.2) is 18.2 Å². The number of nitrogens with zero attached hydrogens (tertiary/aromatic N) is 1. The number of carbonyl (C=O) groups is 1. The van der Waals surface area contributed by atoms with Gasteiger partial charge in [0.2, 0.25) is 10.0 Å². The van der Waals surface area contributed by atoms with Crippen molar-refractivity contribution in [1.29, 1.82) is 0 Å². The van der Waals surface area contributed by atoms with Crippen molar-refractivity contribution in [2.45, 2.75) is 64.3 Å². The average molecular weight is 401 g/mol. The third kappa shape index (κ3) is 4.44. The minimum atomic E-state index is -3.18. The van der Waals surface area contributed by atoms with Crippen molar-refractivity contribution in [3.05, 3.63) is 40.7 Å². The molecule has 6 heteroatoms. The van der Waals surface area contributed by atoms with Gasteiger partial charge in [-0.05, 0) is 55.7 Å². The number of ketones is 1. The summed E-state index contributed by atoms with van der Waals surface area (Å²) >= 11 is 0. The van der Waals surface area contributed by atoms with Crippen LogP contribution in [0.4, 0.5) is 0 Å². The maximum absolute atomic E-state index is 12.3. The summed E-state index contributed by atoms with van der Waals surface area (Å²) in [4.78, 5) is 17.0. The molecule has 0 spiro atoms. The zero-order chi connectivity index (χ0) is 19.7. The molecule has 1 saturated carbocycles. The number of carbonyl (C=O) groups excluding carboxylic acids is 1. The Kier molecular flexibility index (Phi) is 5.52. The van der Waals surface area contributed by atoms with Crippen molar-refractivity contribution in [1.82, 2.24) is 9.71 Å². The number of Topliss-reactive ketones (excluding diaryl/α,β-unsaturated/α-hetero) is 1.